The van der Waals surface area contributed by atoms with E-state index in [1.807, 2.05) is 0 Å². The summed E-state index contributed by atoms with van der Waals surface area (Å²) in [5.41, 5.74) is -1.14. The molecule has 1 saturated heterocycles. The van der Waals surface area contributed by atoms with Crippen molar-refractivity contribution >= 4 is 17.1 Å². The molecule has 0 unspecified atom stereocenters. The van der Waals surface area contributed by atoms with Crippen molar-refractivity contribution < 1.29 is 19.4 Å². The van der Waals surface area contributed by atoms with Crippen LogP contribution in [0.2, 0.25) is 0 Å². The average molecular weight is 378 g/mol. The van der Waals surface area contributed by atoms with Gasteiger partial charge in [-0.25, -0.2) is 14.8 Å². The Kier molecular flexibility index (Phi) is 6.22. The van der Waals surface area contributed by atoms with Crippen LogP contribution in [0.4, 0.5) is 0 Å². The van der Waals surface area contributed by atoms with E-state index in [-0.39, 0.29) is 11.1 Å². The topological polar surface area (TPSA) is 119 Å². The van der Waals surface area contributed by atoms with E-state index in [9.17, 15) is 14.7 Å². The van der Waals surface area contributed by atoms with E-state index >= 15 is 0 Å². The molecule has 27 heavy (non-hydrogen) atoms. The second-order valence-corrected chi connectivity index (χ2v) is 6.87. The number of aromatic amines is 1. The number of aliphatic hydroxyl groups is 1. The van der Waals surface area contributed by atoms with Crippen molar-refractivity contribution in [3.8, 4) is 0 Å². The molecule has 0 aliphatic carbocycles. The molecule has 2 atom stereocenters. The molecule has 1 fully saturated rings. The predicted molar refractivity (Wildman–Crippen MR) is 97.0 cm³/mol. The number of carbonyl (C=O) groups is 1. The zero-order valence-corrected chi connectivity index (χ0v) is 15.5. The van der Waals surface area contributed by atoms with Crippen molar-refractivity contribution in [1.82, 2.24) is 19.5 Å². The first-order chi connectivity index (χ1) is 13.1. The lowest BCUT2D eigenvalue weighted by Crippen LogP contribution is -2.43. The minimum Gasteiger partial charge on any atom is -0.463 e. The zero-order valence-electron chi connectivity index (χ0n) is 15.5. The number of nitrogens with zero attached hydrogens (tertiary/aromatic N) is 3. The van der Waals surface area contributed by atoms with Gasteiger partial charge in [0.05, 0.1) is 25.9 Å². The minimum absolute atomic E-state index is 0.206. The Morgan fingerprint density at radius 2 is 2.22 bits per heavy atom. The first-order valence-corrected chi connectivity index (χ1v) is 9.47. The molecule has 1 aliphatic heterocycles. The van der Waals surface area contributed by atoms with Crippen molar-refractivity contribution in [3.63, 3.8) is 0 Å². The van der Waals surface area contributed by atoms with Crippen LogP contribution in [0.25, 0.3) is 11.2 Å². The molecule has 0 saturated carbocycles. The number of ether oxygens (including phenoxy) is 2. The monoisotopic (exact) mass is 378 g/mol. The van der Waals surface area contributed by atoms with Gasteiger partial charge in [0.2, 0.25) is 0 Å². The summed E-state index contributed by atoms with van der Waals surface area (Å²) in [5.74, 6) is -0.543. The third kappa shape index (κ3) is 4.03. The summed E-state index contributed by atoms with van der Waals surface area (Å²) in [6, 6.07) is 0. The lowest BCUT2D eigenvalue weighted by molar-refractivity contribution is -0.180. The fourth-order valence-electron chi connectivity index (χ4n) is 3.34. The van der Waals surface area contributed by atoms with Crippen LogP contribution in [-0.4, -0.2) is 49.4 Å². The number of fused-ring (bicyclic) bond motifs is 1. The van der Waals surface area contributed by atoms with Gasteiger partial charge in [0.25, 0.3) is 5.56 Å². The number of hydrogen-bond acceptors (Lipinski definition) is 7. The molecule has 148 valence electrons. The number of nitrogens with one attached hydrogen (secondary N) is 1. The van der Waals surface area contributed by atoms with Gasteiger partial charge < -0.3 is 19.6 Å². The highest BCUT2D eigenvalue weighted by Crippen LogP contribution is 2.38. The van der Waals surface area contributed by atoms with Gasteiger partial charge in [0.15, 0.2) is 16.8 Å². The van der Waals surface area contributed by atoms with E-state index in [1.54, 1.807) is 4.57 Å². The van der Waals surface area contributed by atoms with Crippen LogP contribution in [0, 0.1) is 0 Å². The summed E-state index contributed by atoms with van der Waals surface area (Å²) in [5, 5.41) is 9.81. The molecule has 0 amide bonds. The number of unbranched alkanes of at least 4 members (excludes halogenated alkanes) is 4. The van der Waals surface area contributed by atoms with Gasteiger partial charge in [0.1, 0.15) is 6.23 Å². The van der Waals surface area contributed by atoms with Crippen LogP contribution in [-0.2, 0) is 14.3 Å². The number of rotatable bonds is 9. The standard InChI is InChI=1S/C18H26N4O5/c1-2-3-4-5-6-9-26-17(25)18(10-23)8-7-13(27-18)22-12-21-14-15(22)19-11-20-16(14)24/h11-13,23H,2-10H2,1H3,(H,19,20,24)/t13-,18+/m1/s1. The maximum absolute atomic E-state index is 12.5. The van der Waals surface area contributed by atoms with Crippen molar-refractivity contribution in [2.45, 2.75) is 63.7 Å². The van der Waals surface area contributed by atoms with E-state index in [2.05, 4.69) is 21.9 Å². The number of esters is 1. The van der Waals surface area contributed by atoms with Gasteiger partial charge in [-0.2, -0.15) is 0 Å². The highest BCUT2D eigenvalue weighted by atomic mass is 16.6. The molecule has 1 aliphatic rings. The quantitative estimate of drug-likeness (QED) is 0.503. The number of imidazole rings is 1. The van der Waals surface area contributed by atoms with Crippen molar-refractivity contribution in [2.24, 2.45) is 0 Å². The Bertz CT molecular complexity index is 833. The minimum atomic E-state index is -1.38. The van der Waals surface area contributed by atoms with Crippen LogP contribution in [0.5, 0.6) is 0 Å². The highest BCUT2D eigenvalue weighted by Gasteiger charge is 2.48. The molecule has 0 bridgehead atoms. The fraction of sp³-hybridized carbons (Fsp3) is 0.667. The van der Waals surface area contributed by atoms with Crippen LogP contribution >= 0.6 is 0 Å². The molecule has 2 aromatic heterocycles. The summed E-state index contributed by atoms with van der Waals surface area (Å²) >= 11 is 0. The third-order valence-corrected chi connectivity index (χ3v) is 4.94. The van der Waals surface area contributed by atoms with Crippen LogP contribution in [0.1, 0.15) is 58.1 Å². The Labute approximate surface area is 156 Å². The second-order valence-electron chi connectivity index (χ2n) is 6.87. The van der Waals surface area contributed by atoms with Gasteiger partial charge in [-0.05, 0) is 19.3 Å². The lowest BCUT2D eigenvalue weighted by Gasteiger charge is -2.25. The van der Waals surface area contributed by atoms with E-state index in [1.165, 1.54) is 19.1 Å². The maximum Gasteiger partial charge on any atom is 0.340 e. The van der Waals surface area contributed by atoms with Crippen molar-refractivity contribution in [3.05, 3.63) is 23.0 Å². The second kappa shape index (κ2) is 8.62. The molecule has 0 aromatic carbocycles. The summed E-state index contributed by atoms with van der Waals surface area (Å²) in [6.45, 7) is 2.01. The van der Waals surface area contributed by atoms with E-state index in [4.69, 9.17) is 9.47 Å². The maximum atomic E-state index is 12.5. The van der Waals surface area contributed by atoms with Crippen LogP contribution in [0.15, 0.2) is 17.4 Å². The molecular weight excluding hydrogens is 352 g/mol. The normalized spacial score (nSPS) is 22.4. The molecule has 9 heteroatoms. The first-order valence-electron chi connectivity index (χ1n) is 9.47. The average Bonchev–Trinajstić information content (AvgIpc) is 3.30. The van der Waals surface area contributed by atoms with Gasteiger partial charge in [0, 0.05) is 0 Å². The predicted octanol–water partition coefficient (Wildman–Crippen LogP) is 1.67. The fourth-order valence-corrected chi connectivity index (χ4v) is 3.34. The van der Waals surface area contributed by atoms with Gasteiger partial charge >= 0.3 is 5.97 Å². The number of aliphatic hydroxyl groups excluding tert-OH is 1. The summed E-state index contributed by atoms with van der Waals surface area (Å²) in [4.78, 5) is 35.0. The summed E-state index contributed by atoms with van der Waals surface area (Å²) in [7, 11) is 0. The van der Waals surface area contributed by atoms with E-state index in [0.29, 0.717) is 25.1 Å². The van der Waals surface area contributed by atoms with E-state index < -0.39 is 24.4 Å². The highest BCUT2D eigenvalue weighted by molar-refractivity contribution is 5.80. The van der Waals surface area contributed by atoms with E-state index in [0.717, 1.165) is 25.7 Å². The van der Waals surface area contributed by atoms with Gasteiger partial charge in [-0.15, -0.1) is 0 Å². The summed E-state index contributed by atoms with van der Waals surface area (Å²) < 4.78 is 12.9. The SMILES string of the molecule is CCCCCCCOC(=O)[C@@]1(CO)CC[C@H](n2cnc3c(=O)[nH]cnc32)O1. The molecule has 3 heterocycles. The number of H-pyrrole nitrogens is 1. The van der Waals surface area contributed by atoms with Crippen molar-refractivity contribution in [1.29, 1.82) is 0 Å². The Morgan fingerprint density at radius 1 is 1.41 bits per heavy atom. The number of aromatic nitrogens is 4. The molecule has 0 spiro atoms. The Hall–Kier alpha value is -2.26. The summed E-state index contributed by atoms with van der Waals surface area (Å²) in [6.07, 6.45) is 8.28. The Balaban J connectivity index is 1.63. The van der Waals surface area contributed by atoms with Crippen LogP contribution < -0.4 is 5.56 Å². The Morgan fingerprint density at radius 3 is 3.00 bits per heavy atom. The molecular formula is C18H26N4O5. The molecule has 2 aromatic rings. The lowest BCUT2D eigenvalue weighted by atomic mass is 10.0. The molecule has 2 N–H and O–H groups in total. The number of hydrogen-bond donors (Lipinski definition) is 2. The molecule has 3 rings (SSSR count). The first kappa shape index (κ1) is 19.5. The largest absolute Gasteiger partial charge is 0.463 e. The zero-order chi connectivity index (χ0) is 19.3. The van der Waals surface area contributed by atoms with Gasteiger partial charge in [-0.3, -0.25) is 9.36 Å². The third-order valence-electron chi connectivity index (χ3n) is 4.94. The molecule has 0 radical (unpaired) electrons. The van der Waals surface area contributed by atoms with Crippen LogP contribution in [0.3, 0.4) is 0 Å². The van der Waals surface area contributed by atoms with Crippen molar-refractivity contribution in [2.75, 3.05) is 13.2 Å². The van der Waals surface area contributed by atoms with Gasteiger partial charge in [-0.1, -0.05) is 32.6 Å². The smallest absolute Gasteiger partial charge is 0.340 e. The number of carbonyl (C=O) groups excluding carboxylic acids is 1. The molecule has 9 nitrogen and oxygen atoms in total.